The van der Waals surface area contributed by atoms with Crippen molar-refractivity contribution in [1.29, 1.82) is 5.26 Å². The lowest BCUT2D eigenvalue weighted by molar-refractivity contribution is 0.477. The van der Waals surface area contributed by atoms with Crippen molar-refractivity contribution in [2.45, 2.75) is 25.7 Å². The van der Waals surface area contributed by atoms with E-state index in [1.807, 2.05) is 37.0 Å². The van der Waals surface area contributed by atoms with E-state index >= 15 is 0 Å². The van der Waals surface area contributed by atoms with E-state index in [9.17, 15) is 10.1 Å². The predicted molar refractivity (Wildman–Crippen MR) is 108 cm³/mol. The highest BCUT2D eigenvalue weighted by atomic mass is 16.1. The third kappa shape index (κ3) is 3.33. The van der Waals surface area contributed by atoms with Gasteiger partial charge in [0.25, 0.3) is 5.56 Å². The third-order valence-corrected chi connectivity index (χ3v) is 5.50. The summed E-state index contributed by atoms with van der Waals surface area (Å²) < 4.78 is 3.48. The summed E-state index contributed by atoms with van der Waals surface area (Å²) in [5, 5.41) is 14.0. The van der Waals surface area contributed by atoms with E-state index in [1.165, 1.54) is 5.69 Å². The minimum atomic E-state index is -0.241. The van der Waals surface area contributed by atoms with E-state index in [2.05, 4.69) is 28.7 Å². The van der Waals surface area contributed by atoms with Crippen LogP contribution in [0.3, 0.4) is 0 Å². The largest absolute Gasteiger partial charge is 0.370 e. The number of rotatable bonds is 4. The van der Waals surface area contributed by atoms with Crippen molar-refractivity contribution in [3.05, 3.63) is 63.9 Å². The highest BCUT2D eigenvalue weighted by Crippen LogP contribution is 2.34. The lowest BCUT2D eigenvalue weighted by Crippen LogP contribution is -2.37. The third-order valence-electron chi connectivity index (χ3n) is 5.50. The van der Waals surface area contributed by atoms with E-state index in [4.69, 9.17) is 0 Å². The normalized spacial score (nSPS) is 15.3. The molecule has 0 aromatic carbocycles. The van der Waals surface area contributed by atoms with Gasteiger partial charge in [0.2, 0.25) is 0 Å². The number of nitrogens with zero attached hydrogens (tertiary/aromatic N) is 5. The van der Waals surface area contributed by atoms with Gasteiger partial charge in [-0.3, -0.25) is 9.48 Å². The molecule has 0 atom stereocenters. The lowest BCUT2D eigenvalue weighted by atomic mass is 9.92. The zero-order valence-corrected chi connectivity index (χ0v) is 16.1. The SMILES string of the molecule is C=C/C=C\c1c(N2CCC(c3ccnn3C)CC2)c(C#N)c(=O)n(C)c1C. The Hall–Kier alpha value is -3.07. The Labute approximate surface area is 159 Å². The van der Waals surface area contributed by atoms with Gasteiger partial charge in [-0.15, -0.1) is 0 Å². The van der Waals surface area contributed by atoms with E-state index in [0.717, 1.165) is 42.9 Å². The van der Waals surface area contributed by atoms with Crippen molar-refractivity contribution >= 4 is 11.8 Å². The molecule has 1 aliphatic rings. The fourth-order valence-electron chi connectivity index (χ4n) is 3.88. The number of aryl methyl sites for hydroxylation is 1. The second-order valence-electron chi connectivity index (χ2n) is 6.93. The fourth-order valence-corrected chi connectivity index (χ4v) is 3.88. The summed E-state index contributed by atoms with van der Waals surface area (Å²) >= 11 is 0. The number of nitriles is 1. The second kappa shape index (κ2) is 7.67. The Morgan fingerprint density at radius 1 is 1.33 bits per heavy atom. The Kier molecular flexibility index (Phi) is 5.31. The molecular formula is C21H25N5O. The van der Waals surface area contributed by atoms with Gasteiger partial charge in [-0.2, -0.15) is 10.4 Å². The molecule has 27 heavy (non-hydrogen) atoms. The monoisotopic (exact) mass is 363 g/mol. The van der Waals surface area contributed by atoms with Crippen LogP contribution in [0.2, 0.25) is 0 Å². The molecule has 140 valence electrons. The summed E-state index contributed by atoms with van der Waals surface area (Å²) in [6, 6.07) is 4.22. The standard InChI is InChI=1S/C21H25N5O/c1-5-6-7-17-15(2)24(3)21(27)18(14-22)20(17)26-12-9-16(10-13-26)19-8-11-23-25(19)4/h5-8,11,16H,1,9-10,12-13H2,2-4H3/b7-6-. The number of anilines is 1. The smallest absolute Gasteiger partial charge is 0.270 e. The van der Waals surface area contributed by atoms with Gasteiger partial charge >= 0.3 is 0 Å². The van der Waals surface area contributed by atoms with Crippen molar-refractivity contribution < 1.29 is 0 Å². The average Bonchev–Trinajstić information content (AvgIpc) is 3.11. The molecule has 0 aliphatic carbocycles. The maximum atomic E-state index is 12.7. The van der Waals surface area contributed by atoms with Crippen LogP contribution >= 0.6 is 0 Å². The molecule has 3 rings (SSSR count). The van der Waals surface area contributed by atoms with E-state index in [0.29, 0.717) is 5.92 Å². The predicted octanol–water partition coefficient (Wildman–Crippen LogP) is 2.88. The quantitative estimate of drug-likeness (QED) is 0.784. The van der Waals surface area contributed by atoms with Crippen LogP contribution in [0.15, 0.2) is 35.8 Å². The number of piperidine rings is 1. The first-order chi connectivity index (χ1) is 13.0. The Bertz CT molecular complexity index is 981. The average molecular weight is 363 g/mol. The van der Waals surface area contributed by atoms with Crippen LogP contribution in [-0.2, 0) is 14.1 Å². The molecule has 3 heterocycles. The van der Waals surface area contributed by atoms with Crippen LogP contribution in [0, 0.1) is 18.3 Å². The van der Waals surface area contributed by atoms with Crippen LogP contribution in [0.4, 0.5) is 5.69 Å². The summed E-state index contributed by atoms with van der Waals surface area (Å²) in [5.74, 6) is 0.444. The molecule has 0 N–H and O–H groups in total. The summed E-state index contributed by atoms with van der Waals surface area (Å²) in [6.45, 7) is 7.24. The molecule has 1 saturated heterocycles. The molecule has 0 saturated carbocycles. The Morgan fingerprint density at radius 3 is 2.59 bits per heavy atom. The van der Waals surface area contributed by atoms with Crippen LogP contribution < -0.4 is 10.5 Å². The summed E-state index contributed by atoms with van der Waals surface area (Å²) in [7, 11) is 3.68. The molecule has 0 radical (unpaired) electrons. The van der Waals surface area contributed by atoms with Gasteiger partial charge in [-0.1, -0.05) is 24.8 Å². The molecule has 0 amide bonds. The first kappa shape index (κ1) is 18.7. The van der Waals surface area contributed by atoms with Crippen LogP contribution in [-0.4, -0.2) is 27.4 Å². The second-order valence-corrected chi connectivity index (χ2v) is 6.93. The minimum Gasteiger partial charge on any atom is -0.370 e. The first-order valence-corrected chi connectivity index (χ1v) is 9.15. The fraction of sp³-hybridized carbons (Fsp3) is 0.381. The van der Waals surface area contributed by atoms with Gasteiger partial charge < -0.3 is 9.47 Å². The van der Waals surface area contributed by atoms with Crippen LogP contribution in [0.25, 0.3) is 6.08 Å². The van der Waals surface area contributed by atoms with E-state index in [-0.39, 0.29) is 11.1 Å². The van der Waals surface area contributed by atoms with Gasteiger partial charge in [0, 0.05) is 56.3 Å². The maximum absolute atomic E-state index is 12.7. The molecule has 0 bridgehead atoms. The van der Waals surface area contributed by atoms with E-state index < -0.39 is 0 Å². The van der Waals surface area contributed by atoms with Crippen molar-refractivity contribution in [3.63, 3.8) is 0 Å². The minimum absolute atomic E-state index is 0.214. The highest BCUT2D eigenvalue weighted by Gasteiger charge is 2.27. The summed E-state index contributed by atoms with van der Waals surface area (Å²) in [4.78, 5) is 14.8. The molecule has 0 unspecified atom stereocenters. The number of allylic oxidation sites excluding steroid dienone is 2. The molecular weight excluding hydrogens is 338 g/mol. The van der Waals surface area contributed by atoms with Crippen LogP contribution in [0.1, 0.15) is 41.3 Å². The van der Waals surface area contributed by atoms with Gasteiger partial charge in [-0.25, -0.2) is 0 Å². The number of aromatic nitrogens is 3. The van der Waals surface area contributed by atoms with Gasteiger partial charge in [0.15, 0.2) is 0 Å². The van der Waals surface area contributed by atoms with Crippen molar-refractivity contribution in [1.82, 2.24) is 14.3 Å². The zero-order chi connectivity index (χ0) is 19.6. The van der Waals surface area contributed by atoms with Crippen molar-refractivity contribution in [3.8, 4) is 6.07 Å². The number of hydrogen-bond donors (Lipinski definition) is 0. The van der Waals surface area contributed by atoms with Gasteiger partial charge in [0.1, 0.15) is 11.6 Å². The first-order valence-electron chi connectivity index (χ1n) is 9.15. The van der Waals surface area contributed by atoms with Crippen LogP contribution in [0.5, 0.6) is 0 Å². The molecule has 2 aromatic rings. The molecule has 6 nitrogen and oxygen atoms in total. The summed E-state index contributed by atoms with van der Waals surface area (Å²) in [5.41, 5.74) is 3.72. The lowest BCUT2D eigenvalue weighted by Gasteiger charge is -2.35. The zero-order valence-electron chi connectivity index (χ0n) is 16.1. The van der Waals surface area contributed by atoms with E-state index in [1.54, 1.807) is 17.7 Å². The topological polar surface area (TPSA) is 66.8 Å². The maximum Gasteiger partial charge on any atom is 0.270 e. The van der Waals surface area contributed by atoms with Gasteiger partial charge in [0.05, 0.1) is 5.69 Å². The molecule has 1 fully saturated rings. The summed E-state index contributed by atoms with van der Waals surface area (Å²) in [6.07, 6.45) is 9.24. The Morgan fingerprint density at radius 2 is 2.04 bits per heavy atom. The highest BCUT2D eigenvalue weighted by molar-refractivity contribution is 5.75. The van der Waals surface area contributed by atoms with Gasteiger partial charge in [-0.05, 0) is 25.8 Å². The Balaban J connectivity index is 2.00. The molecule has 2 aromatic heterocycles. The molecule has 0 spiro atoms. The molecule has 6 heteroatoms. The van der Waals surface area contributed by atoms with Crippen molar-refractivity contribution in [2.24, 2.45) is 14.1 Å². The number of hydrogen-bond acceptors (Lipinski definition) is 4. The number of pyridine rings is 1. The molecule has 1 aliphatic heterocycles. The van der Waals surface area contributed by atoms with Crippen molar-refractivity contribution in [2.75, 3.05) is 18.0 Å².